The van der Waals surface area contributed by atoms with Crippen molar-refractivity contribution in [3.05, 3.63) is 107 Å². The van der Waals surface area contributed by atoms with Gasteiger partial charge in [0, 0.05) is 5.02 Å². The van der Waals surface area contributed by atoms with Crippen molar-refractivity contribution in [1.29, 1.82) is 5.26 Å². The summed E-state index contributed by atoms with van der Waals surface area (Å²) in [7, 11) is -4.28. The van der Waals surface area contributed by atoms with E-state index in [-0.39, 0.29) is 22.8 Å². The minimum Gasteiger partial charge on any atom is -0.290 e. The summed E-state index contributed by atoms with van der Waals surface area (Å²) in [5, 5.41) is 17.1. The molecule has 4 rings (SSSR count). The zero-order chi connectivity index (χ0) is 25.0. The molecule has 2 amide bonds. The van der Waals surface area contributed by atoms with E-state index in [1.807, 2.05) is 12.1 Å². The standard InChI is InChI=1S/C25H20ClN5O3S/c1-18-23(16-27)24(31(29-18)21-10-6-3-7-11-21)28-25(32)30(17-19-8-4-2-5-9-19)35(33,34)22-14-12-20(26)13-15-22/h2-15H,17H2,1H3,(H,28,32). The first-order valence-electron chi connectivity index (χ1n) is 10.5. The maximum atomic E-state index is 13.5. The van der Waals surface area contributed by atoms with Crippen molar-refractivity contribution >= 4 is 33.5 Å². The Labute approximate surface area is 208 Å². The molecule has 8 nitrogen and oxygen atoms in total. The molecule has 35 heavy (non-hydrogen) atoms. The van der Waals surface area contributed by atoms with E-state index in [0.717, 1.165) is 4.31 Å². The van der Waals surface area contributed by atoms with Crippen molar-refractivity contribution in [2.45, 2.75) is 18.4 Å². The monoisotopic (exact) mass is 505 g/mol. The Morgan fingerprint density at radius 3 is 2.23 bits per heavy atom. The number of hydrogen-bond acceptors (Lipinski definition) is 5. The van der Waals surface area contributed by atoms with Crippen LogP contribution in [0.3, 0.4) is 0 Å². The van der Waals surface area contributed by atoms with Crippen LogP contribution in [0.4, 0.5) is 10.6 Å². The van der Waals surface area contributed by atoms with Gasteiger partial charge in [-0.05, 0) is 48.9 Å². The van der Waals surface area contributed by atoms with Crippen LogP contribution in [-0.2, 0) is 16.6 Å². The number of hydrogen-bond donors (Lipinski definition) is 1. The van der Waals surface area contributed by atoms with Crippen LogP contribution < -0.4 is 5.32 Å². The summed E-state index contributed by atoms with van der Waals surface area (Å²) in [6, 6.07) is 24.3. The first-order chi connectivity index (χ1) is 16.8. The van der Waals surface area contributed by atoms with Gasteiger partial charge < -0.3 is 0 Å². The second kappa shape index (κ2) is 10.0. The molecule has 0 spiro atoms. The van der Waals surface area contributed by atoms with Crippen LogP contribution in [0.5, 0.6) is 0 Å². The fourth-order valence-electron chi connectivity index (χ4n) is 3.45. The van der Waals surface area contributed by atoms with E-state index < -0.39 is 16.1 Å². The zero-order valence-electron chi connectivity index (χ0n) is 18.6. The van der Waals surface area contributed by atoms with Crippen LogP contribution in [-0.4, -0.2) is 28.5 Å². The fourth-order valence-corrected chi connectivity index (χ4v) is 4.89. The lowest BCUT2D eigenvalue weighted by Crippen LogP contribution is -2.40. The number of amides is 2. The number of halogens is 1. The van der Waals surface area contributed by atoms with E-state index in [2.05, 4.69) is 10.4 Å². The summed E-state index contributed by atoms with van der Waals surface area (Å²) in [6.07, 6.45) is 0. The normalized spacial score (nSPS) is 11.0. The molecule has 1 heterocycles. The summed E-state index contributed by atoms with van der Waals surface area (Å²) in [6.45, 7) is 1.41. The molecular weight excluding hydrogens is 486 g/mol. The Morgan fingerprint density at radius 1 is 1.03 bits per heavy atom. The van der Waals surface area contributed by atoms with Gasteiger partial charge in [-0.3, -0.25) is 5.32 Å². The van der Waals surface area contributed by atoms with Crippen LogP contribution in [0.25, 0.3) is 5.69 Å². The van der Waals surface area contributed by atoms with Gasteiger partial charge in [-0.15, -0.1) is 0 Å². The highest BCUT2D eigenvalue weighted by molar-refractivity contribution is 7.89. The molecule has 1 aromatic heterocycles. The minimum atomic E-state index is -4.28. The number of carbonyl (C=O) groups excluding carboxylic acids is 1. The van der Waals surface area contributed by atoms with Crippen molar-refractivity contribution in [3.8, 4) is 11.8 Å². The second-order valence-electron chi connectivity index (χ2n) is 7.55. The van der Waals surface area contributed by atoms with Crippen molar-refractivity contribution in [3.63, 3.8) is 0 Å². The van der Waals surface area contributed by atoms with Crippen molar-refractivity contribution in [2.75, 3.05) is 5.32 Å². The number of nitrogens with one attached hydrogen (secondary N) is 1. The maximum absolute atomic E-state index is 13.5. The number of benzene rings is 3. The van der Waals surface area contributed by atoms with Gasteiger partial charge in [0.25, 0.3) is 10.0 Å². The van der Waals surface area contributed by atoms with Gasteiger partial charge in [0.2, 0.25) is 0 Å². The number of anilines is 1. The molecule has 0 atom stereocenters. The molecule has 0 aliphatic heterocycles. The quantitative estimate of drug-likeness (QED) is 0.391. The molecule has 0 radical (unpaired) electrons. The van der Waals surface area contributed by atoms with E-state index in [1.165, 1.54) is 28.9 Å². The van der Waals surface area contributed by atoms with E-state index >= 15 is 0 Å². The van der Waals surface area contributed by atoms with Crippen molar-refractivity contribution < 1.29 is 13.2 Å². The molecule has 0 bridgehead atoms. The van der Waals surface area contributed by atoms with E-state index in [0.29, 0.717) is 22.0 Å². The first kappa shape index (κ1) is 24.0. The van der Waals surface area contributed by atoms with Crippen molar-refractivity contribution in [1.82, 2.24) is 14.1 Å². The second-order valence-corrected chi connectivity index (χ2v) is 9.85. The number of para-hydroxylation sites is 1. The predicted molar refractivity (Wildman–Crippen MR) is 133 cm³/mol. The molecular formula is C25H20ClN5O3S. The predicted octanol–water partition coefficient (Wildman–Crippen LogP) is 5.13. The summed E-state index contributed by atoms with van der Waals surface area (Å²) in [5.41, 5.74) is 1.73. The minimum absolute atomic E-state index is 0.0746. The van der Waals surface area contributed by atoms with Gasteiger partial charge >= 0.3 is 6.03 Å². The number of sulfonamides is 1. The topological polar surface area (TPSA) is 108 Å². The van der Waals surface area contributed by atoms with Crippen LogP contribution in [0, 0.1) is 18.3 Å². The van der Waals surface area contributed by atoms with Gasteiger partial charge in [0.1, 0.15) is 11.6 Å². The molecule has 0 unspecified atom stereocenters. The third-order valence-electron chi connectivity index (χ3n) is 5.20. The average molecular weight is 506 g/mol. The highest BCUT2D eigenvalue weighted by Gasteiger charge is 2.31. The summed E-state index contributed by atoms with van der Waals surface area (Å²) in [4.78, 5) is 13.4. The third-order valence-corrected chi connectivity index (χ3v) is 7.19. The van der Waals surface area contributed by atoms with Gasteiger partial charge in [0.15, 0.2) is 5.82 Å². The van der Waals surface area contributed by atoms with E-state index in [9.17, 15) is 18.5 Å². The average Bonchev–Trinajstić information content (AvgIpc) is 3.18. The molecule has 4 aromatic rings. The number of aryl methyl sites for hydroxylation is 1. The van der Waals surface area contributed by atoms with Gasteiger partial charge in [-0.1, -0.05) is 60.1 Å². The van der Waals surface area contributed by atoms with Crippen LogP contribution in [0.1, 0.15) is 16.8 Å². The Bertz CT molecular complexity index is 1500. The molecule has 0 saturated heterocycles. The molecule has 0 saturated carbocycles. The third kappa shape index (κ3) is 5.04. The number of nitriles is 1. The highest BCUT2D eigenvalue weighted by Crippen LogP contribution is 2.26. The van der Waals surface area contributed by atoms with Crippen molar-refractivity contribution in [2.24, 2.45) is 0 Å². The zero-order valence-corrected chi connectivity index (χ0v) is 20.2. The molecule has 0 aliphatic rings. The van der Waals surface area contributed by atoms with Gasteiger partial charge in [0.05, 0.1) is 22.8 Å². The van der Waals surface area contributed by atoms with Crippen LogP contribution in [0.15, 0.2) is 89.8 Å². The molecule has 176 valence electrons. The van der Waals surface area contributed by atoms with Crippen LogP contribution in [0.2, 0.25) is 5.02 Å². The summed E-state index contributed by atoms with van der Waals surface area (Å²) < 4.78 is 29.2. The lowest BCUT2D eigenvalue weighted by Gasteiger charge is -2.23. The Kier molecular flexibility index (Phi) is 6.87. The first-order valence-corrected chi connectivity index (χ1v) is 12.3. The Balaban J connectivity index is 1.78. The van der Waals surface area contributed by atoms with E-state index in [4.69, 9.17) is 11.6 Å². The number of nitrogens with zero attached hydrogens (tertiary/aromatic N) is 4. The van der Waals surface area contributed by atoms with E-state index in [1.54, 1.807) is 61.5 Å². The Morgan fingerprint density at radius 2 is 1.63 bits per heavy atom. The number of urea groups is 1. The number of aromatic nitrogens is 2. The molecule has 3 aromatic carbocycles. The fraction of sp³-hybridized carbons (Fsp3) is 0.0800. The van der Waals surface area contributed by atoms with Crippen LogP contribution >= 0.6 is 11.6 Å². The van der Waals surface area contributed by atoms with Gasteiger partial charge in [-0.25, -0.2) is 22.2 Å². The largest absolute Gasteiger partial charge is 0.337 e. The summed E-state index contributed by atoms with van der Waals surface area (Å²) >= 11 is 5.92. The number of carbonyl (C=O) groups is 1. The number of rotatable bonds is 6. The lowest BCUT2D eigenvalue weighted by atomic mass is 10.2. The highest BCUT2D eigenvalue weighted by atomic mass is 35.5. The van der Waals surface area contributed by atoms with Gasteiger partial charge in [-0.2, -0.15) is 10.4 Å². The summed E-state index contributed by atoms with van der Waals surface area (Å²) in [5.74, 6) is 0.0746. The molecule has 1 N–H and O–H groups in total. The maximum Gasteiger partial charge on any atom is 0.337 e. The smallest absolute Gasteiger partial charge is 0.290 e. The molecule has 0 fully saturated rings. The molecule has 0 aliphatic carbocycles. The Hall–Kier alpha value is -4.13. The lowest BCUT2D eigenvalue weighted by molar-refractivity contribution is 0.234. The SMILES string of the molecule is Cc1nn(-c2ccccc2)c(NC(=O)N(Cc2ccccc2)S(=O)(=O)c2ccc(Cl)cc2)c1C#N. The molecule has 10 heteroatoms.